The summed E-state index contributed by atoms with van der Waals surface area (Å²) in [6, 6.07) is 11.4. The molecule has 7 nitrogen and oxygen atoms in total. The number of nitrogens with zero attached hydrogens (tertiary/aromatic N) is 3. The Kier molecular flexibility index (Phi) is 6.37. The number of anilines is 1. The van der Waals surface area contributed by atoms with E-state index in [0.717, 1.165) is 38.4 Å². The van der Waals surface area contributed by atoms with Crippen LogP contribution < -0.4 is 4.90 Å². The third kappa shape index (κ3) is 4.50. The maximum Gasteiger partial charge on any atom is 0.243 e. The van der Waals surface area contributed by atoms with Gasteiger partial charge >= 0.3 is 0 Å². The van der Waals surface area contributed by atoms with Gasteiger partial charge in [-0.15, -0.1) is 0 Å². The molecule has 2 fully saturated rings. The maximum atomic E-state index is 13.3. The lowest BCUT2D eigenvalue weighted by molar-refractivity contribution is -0.176. The lowest BCUT2D eigenvalue weighted by Gasteiger charge is -2.40. The second-order valence-corrected chi connectivity index (χ2v) is 10.9. The van der Waals surface area contributed by atoms with Crippen molar-refractivity contribution < 1.29 is 22.3 Å². The van der Waals surface area contributed by atoms with Crippen LogP contribution in [0, 0.1) is 5.82 Å². The van der Waals surface area contributed by atoms with Gasteiger partial charge in [-0.1, -0.05) is 17.7 Å². The molecule has 0 atom stereocenters. The van der Waals surface area contributed by atoms with E-state index in [-0.39, 0.29) is 17.3 Å². The molecule has 2 saturated heterocycles. The molecule has 3 heterocycles. The topological polar surface area (TPSA) is 62.3 Å². The molecule has 3 aliphatic heterocycles. The van der Waals surface area contributed by atoms with Crippen molar-refractivity contribution in [3.63, 3.8) is 0 Å². The number of hydrogen-bond acceptors (Lipinski definition) is 6. The Hall–Kier alpha value is -1.75. The molecule has 2 aromatic rings. The molecule has 0 N–H and O–H groups in total. The van der Waals surface area contributed by atoms with E-state index in [0.29, 0.717) is 36.8 Å². The molecule has 0 unspecified atom stereocenters. The van der Waals surface area contributed by atoms with Crippen molar-refractivity contribution in [1.82, 2.24) is 9.21 Å². The molecule has 3 aliphatic rings. The van der Waals surface area contributed by atoms with Crippen LogP contribution in [0.2, 0.25) is 5.02 Å². The van der Waals surface area contributed by atoms with Gasteiger partial charge in [0.2, 0.25) is 15.8 Å². The second-order valence-electron chi connectivity index (χ2n) is 8.59. The normalized spacial score (nSPS) is 22.5. The van der Waals surface area contributed by atoms with E-state index in [2.05, 4.69) is 9.80 Å². The molecule has 33 heavy (non-hydrogen) atoms. The van der Waals surface area contributed by atoms with E-state index < -0.39 is 15.8 Å². The van der Waals surface area contributed by atoms with Gasteiger partial charge in [-0.05, 0) is 49.4 Å². The van der Waals surface area contributed by atoms with Crippen LogP contribution in [0.5, 0.6) is 0 Å². The summed E-state index contributed by atoms with van der Waals surface area (Å²) in [7, 11) is -3.69. The van der Waals surface area contributed by atoms with Gasteiger partial charge in [0.1, 0.15) is 5.82 Å². The zero-order chi connectivity index (χ0) is 23.1. The van der Waals surface area contributed by atoms with E-state index >= 15 is 0 Å². The van der Waals surface area contributed by atoms with Crippen LogP contribution in [0.4, 0.5) is 10.1 Å². The summed E-state index contributed by atoms with van der Waals surface area (Å²) in [6.07, 6.45) is 0.696. The van der Waals surface area contributed by atoms with Crippen molar-refractivity contribution in [2.75, 3.05) is 63.9 Å². The number of sulfonamides is 1. The molecular weight excluding hydrogens is 469 g/mol. The Morgan fingerprint density at radius 2 is 1.67 bits per heavy atom. The summed E-state index contributed by atoms with van der Waals surface area (Å²) in [5.74, 6) is -1.29. The molecule has 0 bridgehead atoms. The highest BCUT2D eigenvalue weighted by Gasteiger charge is 2.50. The van der Waals surface area contributed by atoms with Gasteiger partial charge in [0.25, 0.3) is 0 Å². The third-order valence-electron chi connectivity index (χ3n) is 6.56. The number of hydrogen-bond donors (Lipinski definition) is 0. The fraction of sp³-hybridized carbons (Fsp3) is 0.478. The summed E-state index contributed by atoms with van der Waals surface area (Å²) in [5.41, 5.74) is 1.55. The fourth-order valence-corrected chi connectivity index (χ4v) is 6.82. The van der Waals surface area contributed by atoms with Crippen LogP contribution in [0.15, 0.2) is 47.4 Å². The smallest absolute Gasteiger partial charge is 0.243 e. The van der Waals surface area contributed by atoms with E-state index in [4.69, 9.17) is 21.1 Å². The minimum absolute atomic E-state index is 0.141. The van der Waals surface area contributed by atoms with E-state index in [1.165, 1.54) is 22.5 Å². The Morgan fingerprint density at radius 1 is 0.970 bits per heavy atom. The van der Waals surface area contributed by atoms with Gasteiger partial charge in [-0.25, -0.2) is 12.8 Å². The highest BCUT2D eigenvalue weighted by atomic mass is 35.5. The van der Waals surface area contributed by atoms with E-state index in [1.807, 2.05) is 0 Å². The van der Waals surface area contributed by atoms with Crippen molar-refractivity contribution in [2.45, 2.75) is 17.1 Å². The predicted molar refractivity (Wildman–Crippen MR) is 123 cm³/mol. The predicted octanol–water partition coefficient (Wildman–Crippen LogP) is 2.90. The largest absolute Gasteiger partial charge is 0.369 e. The van der Waals surface area contributed by atoms with Gasteiger partial charge in [-0.3, -0.25) is 4.90 Å². The molecule has 0 amide bonds. The average Bonchev–Trinajstić information content (AvgIpc) is 3.28. The van der Waals surface area contributed by atoms with Gasteiger partial charge in [0.15, 0.2) is 0 Å². The van der Waals surface area contributed by atoms with Crippen molar-refractivity contribution in [1.29, 1.82) is 0 Å². The Bertz CT molecular complexity index is 1100. The second kappa shape index (κ2) is 9.13. The first-order chi connectivity index (χ1) is 15.9. The molecule has 0 radical (unpaired) electrons. The standard InChI is InChI=1S/C23H27ClFN3O4S/c24-18-2-7-21-22(16-18)33(29,30)28(17-23(21)31-14-15-32-23)9-1-8-26-10-12-27(13-11-26)20-5-3-19(25)4-6-20/h2-7,16H,1,8-15,17H2. The van der Waals surface area contributed by atoms with Gasteiger partial charge in [-0.2, -0.15) is 4.31 Å². The van der Waals surface area contributed by atoms with Crippen LogP contribution in [-0.2, 0) is 25.3 Å². The Balaban J connectivity index is 1.21. The van der Waals surface area contributed by atoms with Crippen LogP contribution >= 0.6 is 11.6 Å². The monoisotopic (exact) mass is 495 g/mol. The van der Waals surface area contributed by atoms with Crippen molar-refractivity contribution in [3.8, 4) is 0 Å². The lowest BCUT2D eigenvalue weighted by atomic mass is 10.1. The highest BCUT2D eigenvalue weighted by Crippen LogP contribution is 2.43. The van der Waals surface area contributed by atoms with Crippen LogP contribution in [-0.4, -0.2) is 76.6 Å². The molecule has 10 heteroatoms. The van der Waals surface area contributed by atoms with Crippen LogP contribution in [0.1, 0.15) is 12.0 Å². The number of rotatable bonds is 5. The van der Waals surface area contributed by atoms with Crippen LogP contribution in [0.3, 0.4) is 0 Å². The highest BCUT2D eigenvalue weighted by molar-refractivity contribution is 7.89. The first-order valence-electron chi connectivity index (χ1n) is 11.2. The molecular formula is C23H27ClFN3O4S. The Morgan fingerprint density at radius 3 is 2.36 bits per heavy atom. The number of halogens is 2. The van der Waals surface area contributed by atoms with E-state index in [9.17, 15) is 12.8 Å². The minimum Gasteiger partial charge on any atom is -0.369 e. The first-order valence-corrected chi connectivity index (χ1v) is 13.0. The zero-order valence-corrected chi connectivity index (χ0v) is 19.8. The summed E-state index contributed by atoms with van der Waals surface area (Å²) >= 11 is 6.12. The zero-order valence-electron chi connectivity index (χ0n) is 18.3. The van der Waals surface area contributed by atoms with E-state index in [1.54, 1.807) is 24.3 Å². The summed E-state index contributed by atoms with van der Waals surface area (Å²) in [4.78, 5) is 4.74. The number of fused-ring (bicyclic) bond motifs is 2. The number of ether oxygens (including phenoxy) is 2. The van der Waals surface area contributed by atoms with Crippen molar-refractivity contribution in [3.05, 3.63) is 58.9 Å². The number of benzene rings is 2. The van der Waals surface area contributed by atoms with Crippen LogP contribution in [0.25, 0.3) is 0 Å². The average molecular weight is 496 g/mol. The molecule has 178 valence electrons. The van der Waals surface area contributed by atoms with Crippen molar-refractivity contribution in [2.24, 2.45) is 0 Å². The molecule has 0 saturated carbocycles. The maximum absolute atomic E-state index is 13.3. The number of piperazine rings is 1. The molecule has 5 rings (SSSR count). The van der Waals surface area contributed by atoms with Gasteiger partial charge < -0.3 is 14.4 Å². The first kappa shape index (κ1) is 23.0. The van der Waals surface area contributed by atoms with Crippen molar-refractivity contribution >= 4 is 27.3 Å². The lowest BCUT2D eigenvalue weighted by Crippen LogP contribution is -2.51. The SMILES string of the molecule is O=S1(=O)c2cc(Cl)ccc2C2(CN1CCCN1CCN(c3ccc(F)cc3)CC1)OCCO2. The summed E-state index contributed by atoms with van der Waals surface area (Å²) in [6.45, 7) is 5.61. The Labute approximate surface area is 198 Å². The molecule has 2 aromatic carbocycles. The minimum atomic E-state index is -3.69. The fourth-order valence-electron chi connectivity index (χ4n) is 4.82. The molecule has 1 spiro atoms. The quantitative estimate of drug-likeness (QED) is 0.635. The van der Waals surface area contributed by atoms with Gasteiger partial charge in [0.05, 0.1) is 24.7 Å². The summed E-state index contributed by atoms with van der Waals surface area (Å²) in [5, 5.41) is 0.367. The van der Waals surface area contributed by atoms with Gasteiger partial charge in [0, 0.05) is 49.0 Å². The third-order valence-corrected chi connectivity index (χ3v) is 8.68. The molecule has 0 aromatic heterocycles. The molecule has 0 aliphatic carbocycles. The summed E-state index contributed by atoms with van der Waals surface area (Å²) < 4.78 is 53.1.